The lowest BCUT2D eigenvalue weighted by Crippen LogP contribution is -2.25. The second kappa shape index (κ2) is 5.98. The lowest BCUT2D eigenvalue weighted by molar-refractivity contribution is 0.196. The SMILES string of the molecule is COCCCNS(=O)(=O)c1cccc(C)c1. The van der Waals surface area contributed by atoms with E-state index < -0.39 is 10.0 Å². The van der Waals surface area contributed by atoms with Crippen LogP contribution < -0.4 is 4.72 Å². The maximum absolute atomic E-state index is 11.8. The molecule has 0 aliphatic rings. The van der Waals surface area contributed by atoms with E-state index in [0.29, 0.717) is 24.5 Å². The Morgan fingerprint density at radius 2 is 2.12 bits per heavy atom. The molecule has 1 aromatic carbocycles. The maximum atomic E-state index is 11.8. The number of hydrogen-bond acceptors (Lipinski definition) is 3. The number of rotatable bonds is 6. The third-order valence-electron chi connectivity index (χ3n) is 2.12. The van der Waals surface area contributed by atoms with Gasteiger partial charge in [-0.2, -0.15) is 0 Å². The third-order valence-corrected chi connectivity index (χ3v) is 3.58. The molecule has 0 unspecified atom stereocenters. The fourth-order valence-corrected chi connectivity index (χ4v) is 2.47. The molecule has 90 valence electrons. The van der Waals surface area contributed by atoms with E-state index in [0.717, 1.165) is 5.56 Å². The summed E-state index contributed by atoms with van der Waals surface area (Å²) in [5.41, 5.74) is 0.930. The summed E-state index contributed by atoms with van der Waals surface area (Å²) in [6.07, 6.45) is 0.668. The van der Waals surface area contributed by atoms with Crippen LogP contribution in [0.4, 0.5) is 0 Å². The van der Waals surface area contributed by atoms with Gasteiger partial charge in [0.1, 0.15) is 0 Å². The molecule has 0 fully saturated rings. The van der Waals surface area contributed by atoms with Crippen molar-refractivity contribution in [3.05, 3.63) is 29.8 Å². The van der Waals surface area contributed by atoms with Crippen molar-refractivity contribution in [2.75, 3.05) is 20.3 Å². The first-order valence-corrected chi connectivity index (χ1v) is 6.60. The molecule has 0 amide bonds. The molecule has 0 aliphatic heterocycles. The standard InChI is InChI=1S/C11H17NO3S/c1-10-5-3-6-11(9-10)16(13,14)12-7-4-8-15-2/h3,5-6,9,12H,4,7-8H2,1-2H3. The summed E-state index contributed by atoms with van der Waals surface area (Å²) in [6, 6.07) is 6.84. The Balaban J connectivity index is 2.64. The second-order valence-corrected chi connectivity index (χ2v) is 5.33. The molecular formula is C11H17NO3S. The number of hydrogen-bond donors (Lipinski definition) is 1. The van der Waals surface area contributed by atoms with Crippen LogP contribution in [0.25, 0.3) is 0 Å². The predicted molar refractivity (Wildman–Crippen MR) is 62.9 cm³/mol. The predicted octanol–water partition coefficient (Wildman–Crippen LogP) is 1.31. The van der Waals surface area contributed by atoms with Gasteiger partial charge < -0.3 is 4.74 Å². The zero-order valence-corrected chi connectivity index (χ0v) is 10.4. The van der Waals surface area contributed by atoms with Crippen molar-refractivity contribution >= 4 is 10.0 Å². The van der Waals surface area contributed by atoms with Gasteiger partial charge in [0.25, 0.3) is 0 Å². The third kappa shape index (κ3) is 3.92. The van der Waals surface area contributed by atoms with Gasteiger partial charge in [0.2, 0.25) is 10.0 Å². The quantitative estimate of drug-likeness (QED) is 0.766. The van der Waals surface area contributed by atoms with E-state index in [1.807, 2.05) is 13.0 Å². The average molecular weight is 243 g/mol. The number of methoxy groups -OCH3 is 1. The highest BCUT2D eigenvalue weighted by Gasteiger charge is 2.12. The van der Waals surface area contributed by atoms with E-state index in [1.165, 1.54) is 0 Å². The molecule has 0 atom stereocenters. The van der Waals surface area contributed by atoms with Crippen LogP contribution in [-0.4, -0.2) is 28.7 Å². The Kier molecular flexibility index (Phi) is 4.92. The Labute approximate surface area is 96.7 Å². The molecule has 0 aliphatic carbocycles. The number of aryl methyl sites for hydroxylation is 1. The van der Waals surface area contributed by atoms with Crippen LogP contribution >= 0.6 is 0 Å². The summed E-state index contributed by atoms with van der Waals surface area (Å²) in [7, 11) is -1.78. The van der Waals surface area contributed by atoms with Crippen LogP contribution in [0.15, 0.2) is 29.2 Å². The minimum absolute atomic E-state index is 0.310. The maximum Gasteiger partial charge on any atom is 0.240 e. The Morgan fingerprint density at radius 1 is 1.38 bits per heavy atom. The summed E-state index contributed by atoms with van der Waals surface area (Å²) in [6.45, 7) is 2.81. The van der Waals surface area contributed by atoms with Gasteiger partial charge >= 0.3 is 0 Å². The second-order valence-electron chi connectivity index (χ2n) is 3.56. The van der Waals surface area contributed by atoms with Crippen molar-refractivity contribution in [1.29, 1.82) is 0 Å². The van der Waals surface area contributed by atoms with Gasteiger partial charge in [0.15, 0.2) is 0 Å². The van der Waals surface area contributed by atoms with Gasteiger partial charge in [-0.1, -0.05) is 12.1 Å². The van der Waals surface area contributed by atoms with Gasteiger partial charge in [-0.3, -0.25) is 0 Å². The molecule has 5 heteroatoms. The monoisotopic (exact) mass is 243 g/mol. The fraction of sp³-hybridized carbons (Fsp3) is 0.455. The molecule has 0 saturated heterocycles. The van der Waals surface area contributed by atoms with Crippen molar-refractivity contribution < 1.29 is 13.2 Å². The van der Waals surface area contributed by atoms with E-state index in [9.17, 15) is 8.42 Å². The van der Waals surface area contributed by atoms with Gasteiger partial charge in [0.05, 0.1) is 4.90 Å². The Morgan fingerprint density at radius 3 is 2.75 bits per heavy atom. The molecule has 0 aromatic heterocycles. The van der Waals surface area contributed by atoms with Crippen LogP contribution in [0.3, 0.4) is 0 Å². The average Bonchev–Trinajstić information content (AvgIpc) is 2.24. The Bertz CT molecular complexity index is 429. The smallest absolute Gasteiger partial charge is 0.240 e. The van der Waals surface area contributed by atoms with E-state index >= 15 is 0 Å². The minimum Gasteiger partial charge on any atom is -0.385 e. The number of nitrogens with one attached hydrogen (secondary N) is 1. The number of ether oxygens (including phenoxy) is 1. The van der Waals surface area contributed by atoms with Crippen molar-refractivity contribution in [3.8, 4) is 0 Å². The molecule has 1 aromatic rings. The lowest BCUT2D eigenvalue weighted by Gasteiger charge is -2.06. The molecule has 0 heterocycles. The van der Waals surface area contributed by atoms with Crippen molar-refractivity contribution in [2.24, 2.45) is 0 Å². The molecule has 0 saturated carbocycles. The number of benzene rings is 1. The van der Waals surface area contributed by atoms with Crippen LogP contribution in [0.5, 0.6) is 0 Å². The first kappa shape index (κ1) is 13.2. The van der Waals surface area contributed by atoms with Crippen LogP contribution in [0, 0.1) is 6.92 Å². The Hall–Kier alpha value is -0.910. The lowest BCUT2D eigenvalue weighted by atomic mass is 10.2. The van der Waals surface area contributed by atoms with E-state index in [2.05, 4.69) is 4.72 Å². The summed E-state index contributed by atoms with van der Waals surface area (Å²) < 4.78 is 31.0. The first-order valence-electron chi connectivity index (χ1n) is 5.11. The van der Waals surface area contributed by atoms with Crippen molar-refractivity contribution in [2.45, 2.75) is 18.2 Å². The van der Waals surface area contributed by atoms with Gasteiger partial charge in [-0.25, -0.2) is 13.1 Å². The highest BCUT2D eigenvalue weighted by molar-refractivity contribution is 7.89. The van der Waals surface area contributed by atoms with Gasteiger partial charge in [-0.05, 0) is 31.0 Å². The molecule has 0 bridgehead atoms. The summed E-state index contributed by atoms with van der Waals surface area (Å²) in [5, 5.41) is 0. The summed E-state index contributed by atoms with van der Waals surface area (Å²) >= 11 is 0. The van der Waals surface area contributed by atoms with Crippen LogP contribution in [-0.2, 0) is 14.8 Å². The highest BCUT2D eigenvalue weighted by Crippen LogP contribution is 2.10. The largest absolute Gasteiger partial charge is 0.385 e. The normalized spacial score (nSPS) is 11.6. The summed E-state index contributed by atoms with van der Waals surface area (Å²) in [5.74, 6) is 0. The highest BCUT2D eigenvalue weighted by atomic mass is 32.2. The minimum atomic E-state index is -3.37. The van der Waals surface area contributed by atoms with Gasteiger partial charge in [0, 0.05) is 20.3 Å². The molecule has 0 radical (unpaired) electrons. The van der Waals surface area contributed by atoms with E-state index in [-0.39, 0.29) is 0 Å². The molecule has 0 spiro atoms. The molecule has 4 nitrogen and oxygen atoms in total. The molecule has 1 N–H and O–H groups in total. The fourth-order valence-electron chi connectivity index (χ4n) is 1.29. The molecular weight excluding hydrogens is 226 g/mol. The first-order chi connectivity index (χ1) is 7.56. The molecule has 1 rings (SSSR count). The van der Waals surface area contributed by atoms with Crippen molar-refractivity contribution in [1.82, 2.24) is 4.72 Å². The van der Waals surface area contributed by atoms with E-state index in [1.54, 1.807) is 25.3 Å². The topological polar surface area (TPSA) is 55.4 Å². The zero-order chi connectivity index (χ0) is 12.0. The van der Waals surface area contributed by atoms with Crippen molar-refractivity contribution in [3.63, 3.8) is 0 Å². The molecule has 16 heavy (non-hydrogen) atoms. The number of sulfonamides is 1. The summed E-state index contributed by atoms with van der Waals surface area (Å²) in [4.78, 5) is 0.310. The van der Waals surface area contributed by atoms with E-state index in [4.69, 9.17) is 4.74 Å². The van der Waals surface area contributed by atoms with Crippen LogP contribution in [0.2, 0.25) is 0 Å². The van der Waals surface area contributed by atoms with Gasteiger partial charge in [-0.15, -0.1) is 0 Å². The van der Waals surface area contributed by atoms with Crippen LogP contribution in [0.1, 0.15) is 12.0 Å². The zero-order valence-electron chi connectivity index (χ0n) is 9.56.